The Morgan fingerprint density at radius 1 is 0.667 bits per heavy atom. The van der Waals surface area contributed by atoms with Crippen LogP contribution in [-0.4, -0.2) is 162 Å². The minimum absolute atomic E-state index is 0.00105. The van der Waals surface area contributed by atoms with Crippen LogP contribution < -0.4 is 26.0 Å². The molecule has 0 radical (unpaired) electrons. The quantitative estimate of drug-likeness (QED) is 0.101. The van der Waals surface area contributed by atoms with Gasteiger partial charge in [0, 0.05) is 46.7 Å². The molecule has 5 N–H and O–H groups in total. The largest absolute Gasteiger partial charge is 0.497 e. The smallest absolute Gasteiger partial charge is 0.408 e. The molecule has 69 heavy (non-hydrogen) atoms. The standard InChI is InChI=1S/C50H74N8O11/c1-31(2)27-38(54-43(60)33(5)53-50(67)69-30-36-15-11-10-12-16-36)47(64)58-26-14-18-40(58)49(66)56(8)42(29-35-19-21-37(68-9)22-20-35)45(62)52-24-23-51-44(61)41(28-32(3)4)55(7)48(65)39-17-13-25-57(39)46(63)34(6)59/h10-12,15-16,19-22,31-34,38-42,59H,13-14,17-18,23-30H2,1-9H3,(H,51,61)(H,52,62)(H,53,67)(H,54,60)/t33-,34+,38+,39+,40+,41-,42+/m1/s1. The highest BCUT2D eigenvalue weighted by molar-refractivity contribution is 5.96. The fourth-order valence-corrected chi connectivity index (χ4v) is 8.67. The first-order chi connectivity index (χ1) is 32.7. The van der Waals surface area contributed by atoms with Crippen LogP contribution in [0.4, 0.5) is 4.79 Å². The van der Waals surface area contributed by atoms with E-state index in [0.717, 1.165) is 11.1 Å². The first-order valence-corrected chi connectivity index (χ1v) is 24.0. The molecule has 2 heterocycles. The van der Waals surface area contributed by atoms with E-state index >= 15 is 0 Å². The summed E-state index contributed by atoms with van der Waals surface area (Å²) >= 11 is 0. The van der Waals surface area contributed by atoms with Crippen molar-refractivity contribution >= 4 is 47.4 Å². The maximum Gasteiger partial charge on any atom is 0.408 e. The Balaban J connectivity index is 1.43. The molecule has 2 aromatic carbocycles. The molecule has 2 aromatic rings. The van der Waals surface area contributed by atoms with Crippen molar-refractivity contribution < 1.29 is 52.9 Å². The summed E-state index contributed by atoms with van der Waals surface area (Å²) in [5, 5.41) is 20.9. The van der Waals surface area contributed by atoms with Gasteiger partial charge in [-0.15, -0.1) is 0 Å². The zero-order valence-electron chi connectivity index (χ0n) is 41.7. The third-order valence-corrected chi connectivity index (χ3v) is 12.5. The lowest BCUT2D eigenvalue weighted by molar-refractivity contribution is -0.150. The average Bonchev–Trinajstić information content (AvgIpc) is 4.03. The molecule has 2 aliphatic rings. The number of carbonyl (C=O) groups is 8. The van der Waals surface area contributed by atoms with E-state index in [0.29, 0.717) is 44.4 Å². The molecule has 0 spiro atoms. The molecule has 8 amide bonds. The van der Waals surface area contributed by atoms with E-state index in [9.17, 15) is 43.5 Å². The highest BCUT2D eigenvalue weighted by atomic mass is 16.5. The highest BCUT2D eigenvalue weighted by Gasteiger charge is 2.42. The Morgan fingerprint density at radius 2 is 1.19 bits per heavy atom. The maximum atomic E-state index is 14.5. The molecule has 0 aromatic heterocycles. The van der Waals surface area contributed by atoms with Gasteiger partial charge in [-0.1, -0.05) is 70.2 Å². The lowest BCUT2D eigenvalue weighted by Crippen LogP contribution is -2.58. The third-order valence-electron chi connectivity index (χ3n) is 12.5. The molecule has 2 saturated heterocycles. The molecule has 0 bridgehead atoms. The molecular formula is C50H74N8O11. The second kappa shape index (κ2) is 26.5. The molecule has 0 unspecified atom stereocenters. The number of methoxy groups -OCH3 is 1. The van der Waals surface area contributed by atoms with Gasteiger partial charge < -0.3 is 55.4 Å². The molecule has 0 aliphatic carbocycles. The molecular weight excluding hydrogens is 889 g/mol. The van der Waals surface area contributed by atoms with Crippen LogP contribution in [0, 0.1) is 11.8 Å². The number of carbonyl (C=O) groups excluding carboxylic acids is 8. The number of likely N-dealkylation sites (N-methyl/N-ethyl adjacent to an activating group) is 2. The SMILES string of the molecule is COc1ccc(C[C@@H](C(=O)NCCNC(=O)[C@@H](CC(C)C)N(C)C(=O)[C@@H]2CCCN2C(=O)[C@H](C)O)N(C)C(=O)[C@@H]2CCCN2C(=O)[C@H](CC(C)C)NC(=O)[C@@H](C)NC(=O)OCc2ccccc2)cc1. The summed E-state index contributed by atoms with van der Waals surface area (Å²) in [6.45, 7) is 11.1. The van der Waals surface area contributed by atoms with E-state index in [1.54, 1.807) is 36.4 Å². The topological polar surface area (TPSA) is 236 Å². The van der Waals surface area contributed by atoms with Crippen LogP contribution in [0.1, 0.15) is 91.2 Å². The van der Waals surface area contributed by atoms with Crippen LogP contribution in [0.25, 0.3) is 0 Å². The summed E-state index contributed by atoms with van der Waals surface area (Å²) in [6.07, 6.45) is 0.489. The number of hydrogen-bond donors (Lipinski definition) is 5. The van der Waals surface area contributed by atoms with Gasteiger partial charge in [-0.05, 0) is 87.5 Å². The van der Waals surface area contributed by atoms with Crippen LogP contribution in [0.5, 0.6) is 5.75 Å². The molecule has 2 fully saturated rings. The number of amides is 8. The Labute approximate surface area is 406 Å². The number of aliphatic hydroxyl groups excluding tert-OH is 1. The number of nitrogens with zero attached hydrogens (tertiary/aromatic N) is 4. The van der Waals surface area contributed by atoms with Gasteiger partial charge >= 0.3 is 6.09 Å². The zero-order valence-corrected chi connectivity index (χ0v) is 41.7. The van der Waals surface area contributed by atoms with Crippen molar-refractivity contribution in [3.05, 3.63) is 65.7 Å². The second-order valence-corrected chi connectivity index (χ2v) is 18.9. The first kappa shape index (κ1) is 55.4. The van der Waals surface area contributed by atoms with Crippen LogP contribution in [-0.2, 0) is 51.3 Å². The lowest BCUT2D eigenvalue weighted by atomic mass is 10.0. The van der Waals surface area contributed by atoms with Gasteiger partial charge in [-0.2, -0.15) is 0 Å². The predicted octanol–water partition coefficient (Wildman–Crippen LogP) is 2.38. The number of alkyl carbamates (subject to hydrolysis) is 1. The van der Waals surface area contributed by atoms with Gasteiger partial charge in [0.1, 0.15) is 54.7 Å². The minimum atomic E-state index is -1.26. The van der Waals surface area contributed by atoms with Gasteiger partial charge in [-0.25, -0.2) is 4.79 Å². The number of benzene rings is 2. The molecule has 2 aliphatic heterocycles. The van der Waals surface area contributed by atoms with Crippen molar-refractivity contribution in [1.82, 2.24) is 40.9 Å². The normalized spacial score (nSPS) is 17.8. The van der Waals surface area contributed by atoms with E-state index in [1.165, 1.54) is 54.7 Å². The Bertz CT molecular complexity index is 2070. The van der Waals surface area contributed by atoms with Crippen LogP contribution in [0.2, 0.25) is 0 Å². The summed E-state index contributed by atoms with van der Waals surface area (Å²) in [4.78, 5) is 114. The number of hydrogen-bond acceptors (Lipinski definition) is 11. The Kier molecular flexibility index (Phi) is 21.3. The van der Waals surface area contributed by atoms with Crippen molar-refractivity contribution in [2.75, 3.05) is 47.4 Å². The second-order valence-electron chi connectivity index (χ2n) is 18.9. The number of nitrogens with one attached hydrogen (secondary N) is 4. The lowest BCUT2D eigenvalue weighted by Gasteiger charge is -2.34. The minimum Gasteiger partial charge on any atom is -0.497 e. The number of likely N-dealkylation sites (tertiary alicyclic amines) is 2. The molecule has 0 saturated carbocycles. The fourth-order valence-electron chi connectivity index (χ4n) is 8.67. The molecule has 7 atom stereocenters. The summed E-state index contributed by atoms with van der Waals surface area (Å²) < 4.78 is 10.6. The summed E-state index contributed by atoms with van der Waals surface area (Å²) in [5.74, 6) is -2.79. The Morgan fingerprint density at radius 3 is 1.71 bits per heavy atom. The fraction of sp³-hybridized carbons (Fsp3) is 0.600. The summed E-state index contributed by atoms with van der Waals surface area (Å²) in [5.41, 5.74) is 1.51. The predicted molar refractivity (Wildman–Crippen MR) is 257 cm³/mol. The number of rotatable bonds is 23. The van der Waals surface area contributed by atoms with Crippen LogP contribution in [0.15, 0.2) is 54.6 Å². The summed E-state index contributed by atoms with van der Waals surface area (Å²) in [7, 11) is 4.58. The molecule has 4 rings (SSSR count). The highest BCUT2D eigenvalue weighted by Crippen LogP contribution is 2.25. The van der Waals surface area contributed by atoms with E-state index in [-0.39, 0.29) is 50.9 Å². The average molecular weight is 963 g/mol. The first-order valence-electron chi connectivity index (χ1n) is 24.0. The van der Waals surface area contributed by atoms with Crippen molar-refractivity contribution in [1.29, 1.82) is 0 Å². The van der Waals surface area contributed by atoms with E-state index in [2.05, 4.69) is 21.3 Å². The van der Waals surface area contributed by atoms with Crippen LogP contribution >= 0.6 is 0 Å². The zero-order chi connectivity index (χ0) is 50.9. The van der Waals surface area contributed by atoms with Crippen molar-refractivity contribution in [3.8, 4) is 5.75 Å². The van der Waals surface area contributed by atoms with Gasteiger partial charge in [0.05, 0.1) is 7.11 Å². The molecule has 19 nitrogen and oxygen atoms in total. The molecule has 19 heteroatoms. The van der Waals surface area contributed by atoms with Gasteiger partial charge in [-0.3, -0.25) is 33.6 Å². The molecule has 380 valence electrons. The monoisotopic (exact) mass is 963 g/mol. The Hall–Kier alpha value is -6.24. The number of ether oxygens (including phenoxy) is 2. The third kappa shape index (κ3) is 15.9. The van der Waals surface area contributed by atoms with Gasteiger partial charge in [0.25, 0.3) is 5.91 Å². The van der Waals surface area contributed by atoms with Gasteiger partial charge in [0.2, 0.25) is 35.4 Å². The van der Waals surface area contributed by atoms with Crippen molar-refractivity contribution in [2.45, 2.75) is 135 Å². The van der Waals surface area contributed by atoms with E-state index < -0.39 is 89.8 Å². The van der Waals surface area contributed by atoms with E-state index in [1.807, 2.05) is 45.9 Å². The van der Waals surface area contributed by atoms with Gasteiger partial charge in [0.15, 0.2) is 0 Å². The maximum absolute atomic E-state index is 14.5. The number of aliphatic hydroxyl groups is 1. The summed E-state index contributed by atoms with van der Waals surface area (Å²) in [6, 6.07) is 10.5. The van der Waals surface area contributed by atoms with Crippen LogP contribution in [0.3, 0.4) is 0 Å². The van der Waals surface area contributed by atoms with Crippen molar-refractivity contribution in [3.63, 3.8) is 0 Å². The van der Waals surface area contributed by atoms with E-state index in [4.69, 9.17) is 9.47 Å². The van der Waals surface area contributed by atoms with Crippen molar-refractivity contribution in [2.24, 2.45) is 11.8 Å².